The van der Waals surface area contributed by atoms with E-state index in [9.17, 15) is 14.4 Å². The highest BCUT2D eigenvalue weighted by atomic mass is 32.2. The minimum Gasteiger partial charge on any atom is -0.456 e. The van der Waals surface area contributed by atoms with Crippen LogP contribution in [0.1, 0.15) is 23.1 Å². The van der Waals surface area contributed by atoms with Gasteiger partial charge in [0.2, 0.25) is 5.91 Å². The molecule has 1 N–H and O–H groups in total. The summed E-state index contributed by atoms with van der Waals surface area (Å²) in [5, 5.41) is 2.83. The molecule has 0 saturated carbocycles. The molecule has 7 heteroatoms. The van der Waals surface area contributed by atoms with Gasteiger partial charge in [-0.2, -0.15) is 0 Å². The highest BCUT2D eigenvalue weighted by Gasteiger charge is 2.16. The lowest BCUT2D eigenvalue weighted by atomic mass is 10.1. The van der Waals surface area contributed by atoms with Gasteiger partial charge >= 0.3 is 5.97 Å². The van der Waals surface area contributed by atoms with E-state index in [1.54, 1.807) is 11.8 Å². The number of nitrogens with zero attached hydrogens (tertiary/aromatic N) is 1. The average Bonchev–Trinajstić information content (AvgIpc) is 2.70. The van der Waals surface area contributed by atoms with Gasteiger partial charge in [-0.25, -0.2) is 0 Å². The highest BCUT2D eigenvalue weighted by molar-refractivity contribution is 7.99. The zero-order valence-electron chi connectivity index (χ0n) is 17.9. The van der Waals surface area contributed by atoms with Crippen molar-refractivity contribution in [3.05, 3.63) is 59.2 Å². The fourth-order valence-corrected chi connectivity index (χ4v) is 3.54. The first-order valence-corrected chi connectivity index (χ1v) is 10.7. The fourth-order valence-electron chi connectivity index (χ4n) is 2.71. The number of thioether (sulfide) groups is 1. The SMILES string of the molecule is Cc1ccc(SCCC(=O)OCC(=O)N(C)CC(=O)Nc2c(C)cccc2C)cc1. The normalized spacial score (nSPS) is 10.4. The molecule has 2 amide bonds. The Kier molecular flexibility index (Phi) is 8.92. The van der Waals surface area contributed by atoms with E-state index in [4.69, 9.17) is 4.74 Å². The number of hydrogen-bond acceptors (Lipinski definition) is 5. The van der Waals surface area contributed by atoms with Crippen LogP contribution >= 0.6 is 11.8 Å². The van der Waals surface area contributed by atoms with Gasteiger partial charge in [0.25, 0.3) is 5.91 Å². The molecule has 160 valence electrons. The first-order valence-electron chi connectivity index (χ1n) is 9.71. The molecule has 0 aliphatic carbocycles. The third-order valence-corrected chi connectivity index (χ3v) is 5.52. The Balaban J connectivity index is 1.69. The molecule has 0 radical (unpaired) electrons. The van der Waals surface area contributed by atoms with Crippen LogP contribution in [0.2, 0.25) is 0 Å². The van der Waals surface area contributed by atoms with E-state index < -0.39 is 11.9 Å². The van der Waals surface area contributed by atoms with Crippen molar-refractivity contribution >= 4 is 35.2 Å². The second-order valence-electron chi connectivity index (χ2n) is 7.14. The van der Waals surface area contributed by atoms with Crippen molar-refractivity contribution < 1.29 is 19.1 Å². The number of likely N-dealkylation sites (N-methyl/N-ethyl adjacent to an activating group) is 1. The minimum absolute atomic E-state index is 0.118. The lowest BCUT2D eigenvalue weighted by Crippen LogP contribution is -2.37. The van der Waals surface area contributed by atoms with Gasteiger partial charge in [-0.1, -0.05) is 35.9 Å². The van der Waals surface area contributed by atoms with Crippen LogP contribution in [0.4, 0.5) is 5.69 Å². The summed E-state index contributed by atoms with van der Waals surface area (Å²) in [7, 11) is 1.51. The predicted octanol–water partition coefficient (Wildman–Crippen LogP) is 3.73. The van der Waals surface area contributed by atoms with E-state index >= 15 is 0 Å². The van der Waals surface area contributed by atoms with Crippen LogP contribution in [0.3, 0.4) is 0 Å². The van der Waals surface area contributed by atoms with Crippen LogP contribution in [-0.4, -0.2) is 48.6 Å². The maximum atomic E-state index is 12.3. The number of amides is 2. The Morgan fingerprint density at radius 1 is 1.00 bits per heavy atom. The smallest absolute Gasteiger partial charge is 0.307 e. The zero-order chi connectivity index (χ0) is 22.1. The summed E-state index contributed by atoms with van der Waals surface area (Å²) in [6.45, 7) is 5.35. The van der Waals surface area contributed by atoms with Gasteiger partial charge in [-0.05, 0) is 44.0 Å². The fraction of sp³-hybridized carbons (Fsp3) is 0.348. The molecule has 0 fully saturated rings. The molecule has 0 unspecified atom stereocenters. The van der Waals surface area contributed by atoms with Crippen LogP contribution in [-0.2, 0) is 19.1 Å². The molecule has 30 heavy (non-hydrogen) atoms. The van der Waals surface area contributed by atoms with E-state index in [1.807, 2.05) is 63.2 Å². The molecule has 0 aromatic heterocycles. The maximum absolute atomic E-state index is 12.3. The van der Waals surface area contributed by atoms with Gasteiger partial charge in [0.05, 0.1) is 13.0 Å². The number of benzene rings is 2. The predicted molar refractivity (Wildman–Crippen MR) is 120 cm³/mol. The largest absolute Gasteiger partial charge is 0.456 e. The summed E-state index contributed by atoms with van der Waals surface area (Å²) in [6.07, 6.45) is 0.211. The van der Waals surface area contributed by atoms with Crippen molar-refractivity contribution in [2.75, 3.05) is 31.3 Å². The number of aryl methyl sites for hydroxylation is 3. The lowest BCUT2D eigenvalue weighted by molar-refractivity contribution is -0.151. The highest BCUT2D eigenvalue weighted by Crippen LogP contribution is 2.20. The summed E-state index contributed by atoms with van der Waals surface area (Å²) in [6, 6.07) is 13.8. The molecule has 0 atom stereocenters. The van der Waals surface area contributed by atoms with Gasteiger partial charge < -0.3 is 15.0 Å². The third kappa shape index (κ3) is 7.55. The Bertz CT molecular complexity index is 876. The first kappa shape index (κ1) is 23.5. The van der Waals surface area contributed by atoms with Crippen molar-refractivity contribution in [2.45, 2.75) is 32.1 Å². The number of hydrogen-bond donors (Lipinski definition) is 1. The molecular formula is C23H28N2O4S. The third-order valence-electron chi connectivity index (χ3n) is 4.50. The van der Waals surface area contributed by atoms with Crippen LogP contribution in [0, 0.1) is 20.8 Å². The van der Waals surface area contributed by atoms with E-state index in [-0.39, 0.29) is 25.5 Å². The molecule has 0 bridgehead atoms. The van der Waals surface area contributed by atoms with Gasteiger partial charge in [0.15, 0.2) is 6.61 Å². The van der Waals surface area contributed by atoms with Crippen LogP contribution in [0.5, 0.6) is 0 Å². The Morgan fingerprint density at radius 3 is 2.27 bits per heavy atom. The van der Waals surface area contributed by atoms with Crippen molar-refractivity contribution in [2.24, 2.45) is 0 Å². The number of ether oxygens (including phenoxy) is 1. The molecule has 2 aromatic rings. The lowest BCUT2D eigenvalue weighted by Gasteiger charge is -2.18. The van der Waals surface area contributed by atoms with Gasteiger partial charge in [-0.15, -0.1) is 11.8 Å². The Morgan fingerprint density at radius 2 is 1.63 bits per heavy atom. The molecule has 6 nitrogen and oxygen atoms in total. The topological polar surface area (TPSA) is 75.7 Å². The molecule has 0 heterocycles. The summed E-state index contributed by atoms with van der Waals surface area (Å²) in [4.78, 5) is 38.6. The van der Waals surface area contributed by atoms with Gasteiger partial charge in [0, 0.05) is 23.4 Å². The van der Waals surface area contributed by atoms with E-state index in [2.05, 4.69) is 5.32 Å². The minimum atomic E-state index is -0.434. The second kappa shape index (κ2) is 11.4. The molecule has 0 saturated heterocycles. The van der Waals surface area contributed by atoms with Crippen molar-refractivity contribution in [1.29, 1.82) is 0 Å². The number of esters is 1. The molecule has 0 aliphatic heterocycles. The van der Waals surface area contributed by atoms with Crippen LogP contribution in [0.15, 0.2) is 47.4 Å². The van der Waals surface area contributed by atoms with E-state index in [1.165, 1.54) is 17.5 Å². The summed E-state index contributed by atoms with van der Waals surface area (Å²) in [5.41, 5.74) is 3.84. The van der Waals surface area contributed by atoms with Crippen molar-refractivity contribution in [1.82, 2.24) is 4.90 Å². The summed E-state index contributed by atoms with van der Waals surface area (Å²) in [5.74, 6) is -0.587. The molecular weight excluding hydrogens is 400 g/mol. The number of carbonyl (C=O) groups excluding carboxylic acids is 3. The first-order chi connectivity index (χ1) is 14.3. The van der Waals surface area contributed by atoms with Gasteiger partial charge in [-0.3, -0.25) is 14.4 Å². The van der Waals surface area contributed by atoms with Crippen molar-refractivity contribution in [3.8, 4) is 0 Å². The second-order valence-corrected chi connectivity index (χ2v) is 8.31. The molecule has 0 aliphatic rings. The number of para-hydroxylation sites is 1. The van der Waals surface area contributed by atoms with Crippen LogP contribution in [0.25, 0.3) is 0 Å². The summed E-state index contributed by atoms with van der Waals surface area (Å²) >= 11 is 1.56. The van der Waals surface area contributed by atoms with Crippen LogP contribution < -0.4 is 5.32 Å². The van der Waals surface area contributed by atoms with E-state index in [0.29, 0.717) is 5.75 Å². The Hall–Kier alpha value is -2.80. The average molecular weight is 429 g/mol. The van der Waals surface area contributed by atoms with Gasteiger partial charge in [0.1, 0.15) is 0 Å². The summed E-state index contributed by atoms with van der Waals surface area (Å²) < 4.78 is 5.04. The maximum Gasteiger partial charge on any atom is 0.307 e. The number of rotatable bonds is 9. The number of anilines is 1. The molecule has 2 rings (SSSR count). The zero-order valence-corrected chi connectivity index (χ0v) is 18.7. The quantitative estimate of drug-likeness (QED) is 0.486. The molecule has 0 spiro atoms. The molecule has 2 aromatic carbocycles. The number of carbonyl (C=O) groups is 3. The Labute approximate surface area is 182 Å². The number of nitrogens with one attached hydrogen (secondary N) is 1. The van der Waals surface area contributed by atoms with E-state index in [0.717, 1.165) is 21.7 Å². The standard InChI is InChI=1S/C23H28N2O4S/c1-16-8-10-19(11-9-16)30-13-12-22(28)29-15-21(27)25(4)14-20(26)24-23-17(2)6-5-7-18(23)3/h5-11H,12-15H2,1-4H3,(H,24,26). The monoisotopic (exact) mass is 428 g/mol. The van der Waals surface area contributed by atoms with Crippen molar-refractivity contribution in [3.63, 3.8) is 0 Å².